The Hall–Kier alpha value is -2.78. The summed E-state index contributed by atoms with van der Waals surface area (Å²) in [7, 11) is 2.85. The summed E-state index contributed by atoms with van der Waals surface area (Å²) in [6, 6.07) is 2.81. The molecule has 1 aromatic carbocycles. The third-order valence-electron chi connectivity index (χ3n) is 3.34. The molecule has 0 aliphatic carbocycles. The van der Waals surface area contributed by atoms with Crippen LogP contribution in [0.4, 0.5) is 5.69 Å². The van der Waals surface area contributed by atoms with E-state index in [9.17, 15) is 15.3 Å². The molecule has 24 heavy (non-hydrogen) atoms. The van der Waals surface area contributed by atoms with Crippen LogP contribution in [0, 0.1) is 15.3 Å². The van der Waals surface area contributed by atoms with Gasteiger partial charge in [-0.1, -0.05) is 0 Å². The highest BCUT2D eigenvalue weighted by atomic mass is 16.7. The predicted molar refractivity (Wildman–Crippen MR) is 84.8 cm³/mol. The molecule has 0 aliphatic heterocycles. The van der Waals surface area contributed by atoms with Crippen LogP contribution in [0.15, 0.2) is 17.4 Å². The minimum atomic E-state index is -0.510. The van der Waals surface area contributed by atoms with Gasteiger partial charge in [0.25, 0.3) is 5.69 Å². The fourth-order valence-electron chi connectivity index (χ4n) is 2.04. The van der Waals surface area contributed by atoms with Gasteiger partial charge in [0, 0.05) is 12.0 Å². The second kappa shape index (κ2) is 9.38. The van der Waals surface area contributed by atoms with E-state index in [1.807, 2.05) is 13.8 Å². The Labute approximate surface area is 139 Å². The Kier molecular flexibility index (Phi) is 7.53. The van der Waals surface area contributed by atoms with Crippen molar-refractivity contribution in [2.24, 2.45) is 5.28 Å². The molecule has 0 saturated carbocycles. The zero-order valence-electron chi connectivity index (χ0n) is 14.2. The number of nitrogens with zero attached hydrogens (tertiary/aromatic N) is 4. The van der Waals surface area contributed by atoms with Crippen molar-refractivity contribution in [1.82, 2.24) is 5.01 Å². The van der Waals surface area contributed by atoms with Gasteiger partial charge in [-0.25, -0.2) is 0 Å². The van der Waals surface area contributed by atoms with Gasteiger partial charge in [0.1, 0.15) is 6.61 Å². The van der Waals surface area contributed by atoms with Gasteiger partial charge < -0.3 is 19.5 Å². The number of hydrogen-bond acceptors (Lipinski definition) is 7. The summed E-state index contributed by atoms with van der Waals surface area (Å²) < 4.78 is 10.2. The predicted octanol–water partition coefficient (Wildman–Crippen LogP) is 2.31. The molecule has 0 atom stereocenters. The topological polar surface area (TPSA) is 113 Å². The Bertz CT molecular complexity index is 589. The molecule has 0 heterocycles. The van der Waals surface area contributed by atoms with Gasteiger partial charge in [0.2, 0.25) is 5.28 Å². The van der Waals surface area contributed by atoms with Crippen molar-refractivity contribution in [3.8, 4) is 11.5 Å². The molecule has 0 spiro atoms. The standard InChI is InChI=1S/C14H22N4O6/c1-5-16(6-2)18(21)15-24-8-7-11-9-13(22-3)14(23-4)10-12(11)17(19)20/h9-10H,5-8H2,1-4H3. The fourth-order valence-corrected chi connectivity index (χ4v) is 2.04. The molecule has 0 aliphatic rings. The first kappa shape index (κ1) is 19.3. The van der Waals surface area contributed by atoms with Crippen molar-refractivity contribution in [2.75, 3.05) is 33.9 Å². The average Bonchev–Trinajstić information content (AvgIpc) is 2.58. The van der Waals surface area contributed by atoms with E-state index in [0.29, 0.717) is 29.4 Å². The van der Waals surface area contributed by atoms with E-state index >= 15 is 0 Å². The average molecular weight is 342 g/mol. The zero-order chi connectivity index (χ0) is 18.1. The molecule has 10 heteroatoms. The number of hydrazine groups is 1. The van der Waals surface area contributed by atoms with Gasteiger partial charge in [-0.05, 0) is 19.9 Å². The Morgan fingerprint density at radius 3 is 2.21 bits per heavy atom. The smallest absolute Gasteiger partial charge is 0.276 e. The molecule has 0 unspecified atom stereocenters. The van der Waals surface area contributed by atoms with Gasteiger partial charge in [-0.2, -0.15) is 0 Å². The van der Waals surface area contributed by atoms with Crippen molar-refractivity contribution in [1.29, 1.82) is 0 Å². The number of nitro groups is 1. The lowest BCUT2D eigenvalue weighted by atomic mass is 10.1. The first-order valence-corrected chi connectivity index (χ1v) is 7.42. The minimum absolute atomic E-state index is 0.0102. The van der Waals surface area contributed by atoms with Gasteiger partial charge in [0.05, 0.1) is 43.3 Å². The third kappa shape index (κ3) is 4.86. The zero-order valence-corrected chi connectivity index (χ0v) is 14.2. The molecule has 1 aromatic rings. The lowest BCUT2D eigenvalue weighted by Gasteiger charge is -2.13. The summed E-state index contributed by atoms with van der Waals surface area (Å²) in [6.45, 7) is 4.63. The normalized spacial score (nSPS) is 11.1. The van der Waals surface area contributed by atoms with Crippen LogP contribution in [0.2, 0.25) is 0 Å². The number of ether oxygens (including phenoxy) is 2. The van der Waals surface area contributed by atoms with E-state index in [1.165, 1.54) is 31.4 Å². The summed E-state index contributed by atoms with van der Waals surface area (Å²) in [5.74, 6) is 0.648. The molecule has 0 aromatic heterocycles. The number of rotatable bonds is 10. The van der Waals surface area contributed by atoms with Crippen LogP contribution in [0.5, 0.6) is 11.5 Å². The highest BCUT2D eigenvalue weighted by molar-refractivity contribution is 5.54. The quantitative estimate of drug-likeness (QED) is 0.211. The van der Waals surface area contributed by atoms with Crippen LogP contribution >= 0.6 is 0 Å². The van der Waals surface area contributed by atoms with E-state index in [-0.39, 0.29) is 24.5 Å². The Morgan fingerprint density at radius 1 is 1.12 bits per heavy atom. The molecule has 0 N–H and O–H groups in total. The molecule has 10 nitrogen and oxygen atoms in total. The lowest BCUT2D eigenvalue weighted by Crippen LogP contribution is -2.30. The first-order valence-electron chi connectivity index (χ1n) is 7.42. The maximum Gasteiger partial charge on any atom is 0.276 e. The van der Waals surface area contributed by atoms with Gasteiger partial charge >= 0.3 is 0 Å². The van der Waals surface area contributed by atoms with Crippen LogP contribution in [-0.4, -0.2) is 48.8 Å². The highest BCUT2D eigenvalue weighted by Gasteiger charge is 2.19. The number of hydrogen-bond donors (Lipinski definition) is 0. The van der Waals surface area contributed by atoms with Crippen molar-refractivity contribution >= 4 is 5.69 Å². The van der Waals surface area contributed by atoms with E-state index in [2.05, 4.69) is 5.28 Å². The summed E-state index contributed by atoms with van der Waals surface area (Å²) in [5.41, 5.74) is 0.284. The van der Waals surface area contributed by atoms with E-state index in [4.69, 9.17) is 14.3 Å². The molecule has 0 saturated heterocycles. The van der Waals surface area contributed by atoms with Crippen molar-refractivity contribution < 1.29 is 24.2 Å². The highest BCUT2D eigenvalue weighted by Crippen LogP contribution is 2.34. The second-order valence-electron chi connectivity index (χ2n) is 4.65. The van der Waals surface area contributed by atoms with Gasteiger partial charge in [-0.15, -0.1) is 5.01 Å². The maximum absolute atomic E-state index is 11.6. The minimum Gasteiger partial charge on any atom is -0.569 e. The number of benzene rings is 1. The maximum atomic E-state index is 11.6. The van der Waals surface area contributed by atoms with Crippen LogP contribution < -0.4 is 9.47 Å². The van der Waals surface area contributed by atoms with Crippen LogP contribution in [0.25, 0.3) is 0 Å². The number of methoxy groups -OCH3 is 2. The van der Waals surface area contributed by atoms with Crippen LogP contribution in [0.1, 0.15) is 19.4 Å². The SMILES string of the molecule is CCN(CC)[N+]([O-])=NOCCc1cc(OC)c(OC)cc1[N+](=O)[O-]. The van der Waals surface area contributed by atoms with Crippen LogP contribution in [0.3, 0.4) is 0 Å². The van der Waals surface area contributed by atoms with Crippen LogP contribution in [-0.2, 0) is 11.3 Å². The molecule has 1 rings (SSSR count). The second-order valence-corrected chi connectivity index (χ2v) is 4.65. The summed E-state index contributed by atoms with van der Waals surface area (Å²) >= 11 is 0. The Morgan fingerprint density at radius 2 is 1.71 bits per heavy atom. The van der Waals surface area contributed by atoms with Crippen molar-refractivity contribution in [3.05, 3.63) is 33.0 Å². The summed E-state index contributed by atoms with van der Waals surface area (Å²) in [5, 5.41) is 27.6. The molecule has 0 amide bonds. The van der Waals surface area contributed by atoms with Gasteiger partial charge in [0.15, 0.2) is 11.5 Å². The number of nitro benzene ring substituents is 1. The largest absolute Gasteiger partial charge is 0.569 e. The molecule has 0 fully saturated rings. The van der Waals surface area contributed by atoms with E-state index in [0.717, 1.165) is 0 Å². The Balaban J connectivity index is 2.83. The first-order chi connectivity index (χ1) is 11.5. The monoisotopic (exact) mass is 342 g/mol. The third-order valence-corrected chi connectivity index (χ3v) is 3.34. The molecular formula is C14H22N4O6. The fraction of sp³-hybridized carbons (Fsp3) is 0.571. The summed E-state index contributed by atoms with van der Waals surface area (Å²) in [4.78, 5) is 16.0. The molecule has 0 bridgehead atoms. The molecule has 134 valence electrons. The lowest BCUT2D eigenvalue weighted by molar-refractivity contribution is -0.710. The van der Waals surface area contributed by atoms with E-state index < -0.39 is 4.92 Å². The van der Waals surface area contributed by atoms with Gasteiger partial charge in [-0.3, -0.25) is 10.1 Å². The molecule has 0 radical (unpaired) electrons. The van der Waals surface area contributed by atoms with Crippen molar-refractivity contribution in [2.45, 2.75) is 20.3 Å². The summed E-state index contributed by atoms with van der Waals surface area (Å²) in [6.07, 6.45) is 0.187. The van der Waals surface area contributed by atoms with Crippen molar-refractivity contribution in [3.63, 3.8) is 0 Å². The van der Waals surface area contributed by atoms with E-state index in [1.54, 1.807) is 0 Å². The molecular weight excluding hydrogens is 320 g/mol.